The van der Waals surface area contributed by atoms with E-state index in [1.807, 2.05) is 55.5 Å². The second-order valence-electron chi connectivity index (χ2n) is 3.77. The van der Waals surface area contributed by atoms with Gasteiger partial charge in [-0.25, -0.2) is 0 Å². The molecule has 0 atom stereocenters. The van der Waals surface area contributed by atoms with Crippen molar-refractivity contribution in [2.75, 3.05) is 0 Å². The molecule has 2 aliphatic rings. The van der Waals surface area contributed by atoms with Gasteiger partial charge in [-0.3, -0.25) is 0 Å². The molecule has 0 spiro atoms. The molecule has 2 heteroatoms. The lowest BCUT2D eigenvalue weighted by Gasteiger charge is -1.91. The zero-order valence-corrected chi connectivity index (χ0v) is 9.80. The number of azo groups is 1. The molecule has 0 bridgehead atoms. The minimum atomic E-state index is 0.810. The summed E-state index contributed by atoms with van der Waals surface area (Å²) in [6.07, 6.45) is 18.7. The van der Waals surface area contributed by atoms with Gasteiger partial charge in [0.1, 0.15) is 0 Å². The lowest BCUT2D eigenvalue weighted by molar-refractivity contribution is 1.11. The highest BCUT2D eigenvalue weighted by Crippen LogP contribution is 2.11. The average Bonchev–Trinajstić information content (AvgIpc) is 2.69. The average molecular weight is 222 g/mol. The standard InChI is InChI=1S/C15H14N2/c1-13-7-6-10-15(12-11-13)17-16-14-8-4-2-3-5-9-14/h2-4,6-10,12H,5H2,1H3. The number of hydrogen-bond acceptors (Lipinski definition) is 2. The zero-order valence-electron chi connectivity index (χ0n) is 9.80. The maximum atomic E-state index is 4.21. The van der Waals surface area contributed by atoms with Crippen LogP contribution >= 0.6 is 0 Å². The van der Waals surface area contributed by atoms with Crippen LogP contribution in [0.1, 0.15) is 13.3 Å². The molecule has 84 valence electrons. The van der Waals surface area contributed by atoms with E-state index in [1.54, 1.807) is 0 Å². The maximum Gasteiger partial charge on any atom is 0.0934 e. The van der Waals surface area contributed by atoms with Crippen LogP contribution in [0.2, 0.25) is 0 Å². The van der Waals surface area contributed by atoms with Crippen molar-refractivity contribution in [3.05, 3.63) is 77.4 Å². The van der Waals surface area contributed by atoms with Crippen LogP contribution in [0.25, 0.3) is 0 Å². The molecule has 0 aromatic rings. The van der Waals surface area contributed by atoms with Crippen LogP contribution in [0.3, 0.4) is 0 Å². The molecule has 0 aromatic heterocycles. The second-order valence-corrected chi connectivity index (χ2v) is 3.77. The van der Waals surface area contributed by atoms with E-state index in [2.05, 4.69) is 22.0 Å². The monoisotopic (exact) mass is 222 g/mol. The van der Waals surface area contributed by atoms with Crippen LogP contribution < -0.4 is 0 Å². The molecule has 0 saturated carbocycles. The number of rotatable bonds is 2. The molecule has 0 heterocycles. The van der Waals surface area contributed by atoms with Crippen molar-refractivity contribution in [3.63, 3.8) is 0 Å². The summed E-state index contributed by atoms with van der Waals surface area (Å²) in [5.74, 6) is 0. The Morgan fingerprint density at radius 3 is 2.88 bits per heavy atom. The number of nitrogens with zero attached hydrogens (tertiary/aromatic N) is 2. The smallest absolute Gasteiger partial charge is 0.0934 e. The van der Waals surface area contributed by atoms with E-state index in [0.717, 1.165) is 23.4 Å². The zero-order chi connectivity index (χ0) is 11.9. The fourth-order valence-corrected chi connectivity index (χ4v) is 1.39. The third kappa shape index (κ3) is 3.71. The minimum Gasteiger partial charge on any atom is -0.151 e. The Bertz CT molecular complexity index is 531. The molecule has 0 fully saturated rings. The van der Waals surface area contributed by atoms with Gasteiger partial charge in [0, 0.05) is 6.08 Å². The van der Waals surface area contributed by atoms with Crippen LogP contribution in [-0.4, -0.2) is 0 Å². The lowest BCUT2D eigenvalue weighted by atomic mass is 10.3. The highest BCUT2D eigenvalue weighted by molar-refractivity contribution is 5.32. The van der Waals surface area contributed by atoms with E-state index in [1.165, 1.54) is 0 Å². The summed E-state index contributed by atoms with van der Waals surface area (Å²) in [7, 11) is 0. The lowest BCUT2D eigenvalue weighted by Crippen LogP contribution is -1.72. The third-order valence-electron chi connectivity index (χ3n) is 2.32. The van der Waals surface area contributed by atoms with E-state index < -0.39 is 0 Å². The SMILES string of the molecule is CC1=C=CC(N=NC2=CCC=CC=C2)=CC=C1. The summed E-state index contributed by atoms with van der Waals surface area (Å²) < 4.78 is 0. The summed E-state index contributed by atoms with van der Waals surface area (Å²) >= 11 is 0. The van der Waals surface area contributed by atoms with E-state index in [4.69, 9.17) is 0 Å². The van der Waals surface area contributed by atoms with Gasteiger partial charge in [0.2, 0.25) is 0 Å². The van der Waals surface area contributed by atoms with Crippen LogP contribution in [0.4, 0.5) is 0 Å². The molecule has 0 aliphatic heterocycles. The van der Waals surface area contributed by atoms with E-state index in [-0.39, 0.29) is 0 Å². The Kier molecular flexibility index (Phi) is 3.85. The highest BCUT2D eigenvalue weighted by atomic mass is 15.1. The van der Waals surface area contributed by atoms with Gasteiger partial charge in [0.15, 0.2) is 0 Å². The summed E-state index contributed by atoms with van der Waals surface area (Å²) in [5.41, 5.74) is 5.91. The molecule has 2 aliphatic carbocycles. The molecular weight excluding hydrogens is 208 g/mol. The van der Waals surface area contributed by atoms with Crippen molar-refractivity contribution in [1.29, 1.82) is 0 Å². The first-order valence-corrected chi connectivity index (χ1v) is 5.61. The van der Waals surface area contributed by atoms with Gasteiger partial charge in [0.05, 0.1) is 11.4 Å². The van der Waals surface area contributed by atoms with Crippen molar-refractivity contribution >= 4 is 0 Å². The predicted molar refractivity (Wildman–Crippen MR) is 70.3 cm³/mol. The van der Waals surface area contributed by atoms with Gasteiger partial charge < -0.3 is 0 Å². The molecule has 2 nitrogen and oxygen atoms in total. The van der Waals surface area contributed by atoms with Crippen LogP contribution in [0.15, 0.2) is 87.6 Å². The number of hydrogen-bond donors (Lipinski definition) is 0. The van der Waals surface area contributed by atoms with Crippen molar-refractivity contribution in [3.8, 4) is 0 Å². The molecule has 0 amide bonds. The Morgan fingerprint density at radius 1 is 1.06 bits per heavy atom. The minimum absolute atomic E-state index is 0.810. The largest absolute Gasteiger partial charge is 0.151 e. The van der Waals surface area contributed by atoms with Crippen molar-refractivity contribution < 1.29 is 0 Å². The third-order valence-corrected chi connectivity index (χ3v) is 2.32. The summed E-state index contributed by atoms with van der Waals surface area (Å²) in [4.78, 5) is 0. The van der Waals surface area contributed by atoms with E-state index >= 15 is 0 Å². The summed E-state index contributed by atoms with van der Waals surface area (Å²) in [5, 5.41) is 8.41. The van der Waals surface area contributed by atoms with Crippen molar-refractivity contribution in [1.82, 2.24) is 0 Å². The van der Waals surface area contributed by atoms with E-state index in [0.29, 0.717) is 0 Å². The molecular formula is C15H14N2. The fourth-order valence-electron chi connectivity index (χ4n) is 1.39. The molecule has 17 heavy (non-hydrogen) atoms. The Balaban J connectivity index is 2.12. The first kappa shape index (κ1) is 11.3. The Morgan fingerprint density at radius 2 is 1.94 bits per heavy atom. The van der Waals surface area contributed by atoms with Crippen molar-refractivity contribution in [2.45, 2.75) is 13.3 Å². The van der Waals surface area contributed by atoms with Gasteiger partial charge in [-0.1, -0.05) is 36.5 Å². The Labute approximate surface area is 101 Å². The Hall–Kier alpha value is -2.18. The van der Waals surface area contributed by atoms with Crippen LogP contribution in [0.5, 0.6) is 0 Å². The van der Waals surface area contributed by atoms with E-state index in [9.17, 15) is 0 Å². The molecule has 2 rings (SSSR count). The predicted octanol–water partition coefficient (Wildman–Crippen LogP) is 4.39. The van der Waals surface area contributed by atoms with Gasteiger partial charge in [-0.2, -0.15) is 5.11 Å². The molecule has 0 N–H and O–H groups in total. The highest BCUT2D eigenvalue weighted by Gasteiger charge is 1.93. The molecule has 0 aromatic carbocycles. The summed E-state index contributed by atoms with van der Waals surface area (Å²) in [6, 6.07) is 0. The maximum absolute atomic E-state index is 4.21. The van der Waals surface area contributed by atoms with Gasteiger partial charge in [-0.15, -0.1) is 10.8 Å². The normalized spacial score (nSPS) is 18.8. The quantitative estimate of drug-likeness (QED) is 0.489. The topological polar surface area (TPSA) is 24.7 Å². The van der Waals surface area contributed by atoms with Crippen LogP contribution in [-0.2, 0) is 0 Å². The first-order valence-electron chi connectivity index (χ1n) is 5.61. The fraction of sp³-hybridized carbons (Fsp3) is 0.133. The van der Waals surface area contributed by atoms with Gasteiger partial charge in [-0.05, 0) is 31.1 Å². The molecule has 0 saturated heterocycles. The first-order chi connectivity index (χ1) is 8.34. The van der Waals surface area contributed by atoms with Gasteiger partial charge >= 0.3 is 0 Å². The molecule has 0 radical (unpaired) electrons. The van der Waals surface area contributed by atoms with Gasteiger partial charge in [0.25, 0.3) is 0 Å². The number of allylic oxidation sites excluding steroid dienone is 9. The summed E-state index contributed by atoms with van der Waals surface area (Å²) in [6.45, 7) is 2.00. The second kappa shape index (κ2) is 5.78. The van der Waals surface area contributed by atoms with Crippen molar-refractivity contribution in [2.24, 2.45) is 10.2 Å². The van der Waals surface area contributed by atoms with Crippen LogP contribution in [0, 0.1) is 0 Å². The molecule has 0 unspecified atom stereocenters.